The first-order valence-corrected chi connectivity index (χ1v) is 7.26. The predicted octanol–water partition coefficient (Wildman–Crippen LogP) is -1.34. The number of hydrogen-bond acceptors (Lipinski definition) is 7. The van der Waals surface area contributed by atoms with Crippen LogP contribution in [0.15, 0.2) is 17.1 Å². The number of phosphoric ester groups is 1. The van der Waals surface area contributed by atoms with E-state index in [2.05, 4.69) is 9.51 Å². The fraction of sp³-hybridized carbons (Fsp3) is 0.556. The molecule has 0 aromatic carbocycles. The molecule has 0 amide bonds. The van der Waals surface area contributed by atoms with E-state index < -0.39 is 38.3 Å². The monoisotopic (exact) mass is 325 g/mol. The van der Waals surface area contributed by atoms with Gasteiger partial charge >= 0.3 is 19.5 Å². The molecule has 0 saturated carbocycles. The summed E-state index contributed by atoms with van der Waals surface area (Å²) in [7, 11) is -5.04. The number of aliphatic hydroxyl groups is 1. The van der Waals surface area contributed by atoms with Gasteiger partial charge in [-0.3, -0.25) is 4.52 Å². The Morgan fingerprint density at radius 3 is 2.86 bits per heavy atom. The Morgan fingerprint density at radius 2 is 2.33 bits per heavy atom. The van der Waals surface area contributed by atoms with Crippen molar-refractivity contribution in [3.05, 3.63) is 22.7 Å². The Kier molecular flexibility index (Phi) is 4.15. The van der Waals surface area contributed by atoms with Gasteiger partial charge in [0.15, 0.2) is 6.10 Å². The highest BCUT2D eigenvalue weighted by atomic mass is 31.2. The average molecular weight is 325 g/mol. The van der Waals surface area contributed by atoms with Crippen molar-refractivity contribution in [1.29, 1.82) is 0 Å². The molecule has 2 rings (SSSR count). The number of phosphoric acid groups is 1. The molecule has 5 N–H and O–H groups in total. The van der Waals surface area contributed by atoms with Crippen LogP contribution in [0, 0.1) is 0 Å². The van der Waals surface area contributed by atoms with E-state index in [1.165, 1.54) is 0 Å². The Morgan fingerprint density at radius 1 is 1.67 bits per heavy atom. The lowest BCUT2D eigenvalue weighted by molar-refractivity contribution is -0.236. The molecule has 0 bridgehead atoms. The molecule has 1 aliphatic heterocycles. The van der Waals surface area contributed by atoms with Gasteiger partial charge in [-0.2, -0.15) is 9.37 Å². The largest absolute Gasteiger partial charge is 0.470 e. The van der Waals surface area contributed by atoms with E-state index in [4.69, 9.17) is 25.4 Å². The van der Waals surface area contributed by atoms with Crippen LogP contribution in [0.4, 0.5) is 10.2 Å². The highest BCUT2D eigenvalue weighted by Gasteiger charge is 2.55. The van der Waals surface area contributed by atoms with Gasteiger partial charge in [-0.1, -0.05) is 0 Å². The number of rotatable bonds is 4. The van der Waals surface area contributed by atoms with Crippen molar-refractivity contribution < 1.29 is 33.1 Å². The van der Waals surface area contributed by atoms with E-state index in [0.29, 0.717) is 4.57 Å². The SMILES string of the molecule is Nc1ccn([C@]2(F)O[C@H](CO)C[C@H]2OP(=O)(O)O)c(=O)n1. The number of aromatic nitrogens is 2. The van der Waals surface area contributed by atoms with E-state index >= 15 is 0 Å². The fourth-order valence-corrected chi connectivity index (χ4v) is 2.54. The summed E-state index contributed by atoms with van der Waals surface area (Å²) in [5.41, 5.74) is 4.15. The van der Waals surface area contributed by atoms with E-state index in [9.17, 15) is 13.8 Å². The van der Waals surface area contributed by atoms with Crippen molar-refractivity contribution >= 4 is 13.6 Å². The van der Waals surface area contributed by atoms with Crippen LogP contribution in [0.25, 0.3) is 0 Å². The third-order valence-electron chi connectivity index (χ3n) is 2.83. The third-order valence-corrected chi connectivity index (χ3v) is 3.36. The molecule has 0 aliphatic carbocycles. The van der Waals surface area contributed by atoms with Crippen LogP contribution in [-0.2, 0) is 19.8 Å². The summed E-state index contributed by atoms with van der Waals surface area (Å²) in [4.78, 5) is 32.6. The molecule has 10 nitrogen and oxygen atoms in total. The minimum atomic E-state index is -5.04. The second-order valence-electron chi connectivity index (χ2n) is 4.36. The van der Waals surface area contributed by atoms with Crippen LogP contribution in [0.1, 0.15) is 6.42 Å². The molecule has 0 radical (unpaired) electrons. The maximum Gasteiger partial charge on any atom is 0.470 e. The number of aliphatic hydroxyl groups excluding tert-OH is 1. The van der Waals surface area contributed by atoms with E-state index in [-0.39, 0.29) is 12.2 Å². The molecule has 1 aromatic heterocycles. The number of alkyl halides is 1. The first-order valence-electron chi connectivity index (χ1n) is 5.73. The standard InChI is InChI=1S/C9H13FN3O7P/c10-9(13-2-1-7(11)12-8(13)15)6(20-21(16,17)18)3-5(4-14)19-9/h1-2,5-6,14H,3-4H2,(H2,11,12,15)(H2,16,17,18)/t5-,6+,9-/m0/s1. The van der Waals surface area contributed by atoms with Gasteiger partial charge < -0.3 is 25.4 Å². The van der Waals surface area contributed by atoms with Crippen molar-refractivity contribution in [2.24, 2.45) is 0 Å². The van der Waals surface area contributed by atoms with E-state index in [0.717, 1.165) is 12.3 Å². The Balaban J connectivity index is 2.44. The zero-order chi connectivity index (χ0) is 15.8. The summed E-state index contributed by atoms with van der Waals surface area (Å²) in [6.07, 6.45) is -2.36. The summed E-state index contributed by atoms with van der Waals surface area (Å²) in [6, 6.07) is 1.10. The van der Waals surface area contributed by atoms with Crippen LogP contribution < -0.4 is 11.4 Å². The normalized spacial score (nSPS) is 29.7. The molecule has 21 heavy (non-hydrogen) atoms. The Bertz CT molecular complexity index is 634. The maximum absolute atomic E-state index is 14.9. The zero-order valence-electron chi connectivity index (χ0n) is 10.5. The minimum absolute atomic E-state index is 0.163. The number of nitrogens with zero attached hydrogens (tertiary/aromatic N) is 2. The lowest BCUT2D eigenvalue weighted by Crippen LogP contribution is -2.46. The topological polar surface area (TPSA) is 157 Å². The van der Waals surface area contributed by atoms with Crippen molar-refractivity contribution in [2.75, 3.05) is 12.3 Å². The zero-order valence-corrected chi connectivity index (χ0v) is 11.4. The van der Waals surface area contributed by atoms with Crippen molar-refractivity contribution in [1.82, 2.24) is 9.55 Å². The molecule has 12 heteroatoms. The molecule has 1 aliphatic rings. The summed E-state index contributed by atoms with van der Waals surface area (Å²) in [5.74, 6) is -3.18. The van der Waals surface area contributed by atoms with Gasteiger partial charge in [-0.15, -0.1) is 0 Å². The second kappa shape index (κ2) is 5.44. The average Bonchev–Trinajstić information content (AvgIpc) is 2.64. The van der Waals surface area contributed by atoms with Gasteiger partial charge in [0.1, 0.15) is 5.82 Å². The van der Waals surface area contributed by atoms with Gasteiger partial charge in [-0.05, 0) is 6.07 Å². The lowest BCUT2D eigenvalue weighted by atomic mass is 10.2. The molecular formula is C9H13FN3O7P. The van der Waals surface area contributed by atoms with Crippen LogP contribution >= 0.6 is 7.82 Å². The van der Waals surface area contributed by atoms with Crippen LogP contribution in [0.5, 0.6) is 0 Å². The predicted molar refractivity (Wildman–Crippen MR) is 65.5 cm³/mol. The Hall–Kier alpha value is -1.36. The molecule has 1 saturated heterocycles. The molecule has 0 spiro atoms. The van der Waals surface area contributed by atoms with E-state index in [1.54, 1.807) is 0 Å². The van der Waals surface area contributed by atoms with Crippen molar-refractivity contribution in [2.45, 2.75) is 24.6 Å². The molecule has 1 fully saturated rings. The van der Waals surface area contributed by atoms with Gasteiger partial charge in [0.05, 0.1) is 12.7 Å². The molecule has 2 heterocycles. The van der Waals surface area contributed by atoms with Gasteiger partial charge in [0.2, 0.25) is 0 Å². The molecule has 3 atom stereocenters. The summed E-state index contributed by atoms with van der Waals surface area (Å²) < 4.78 is 35.4. The number of nitrogen functional groups attached to an aromatic ring is 1. The summed E-state index contributed by atoms with van der Waals surface area (Å²) >= 11 is 0. The van der Waals surface area contributed by atoms with Crippen molar-refractivity contribution in [3.63, 3.8) is 0 Å². The number of halogens is 1. The van der Waals surface area contributed by atoms with Gasteiger partial charge in [-0.25, -0.2) is 13.9 Å². The molecule has 1 aromatic rings. The third kappa shape index (κ3) is 3.28. The second-order valence-corrected chi connectivity index (χ2v) is 5.55. The fourth-order valence-electron chi connectivity index (χ4n) is 1.99. The first-order chi connectivity index (χ1) is 9.65. The molecule has 118 valence electrons. The minimum Gasteiger partial charge on any atom is -0.394 e. The van der Waals surface area contributed by atoms with Gasteiger partial charge in [0.25, 0.3) is 0 Å². The van der Waals surface area contributed by atoms with Crippen molar-refractivity contribution in [3.8, 4) is 0 Å². The highest BCUT2D eigenvalue weighted by molar-refractivity contribution is 7.46. The number of anilines is 1. The lowest BCUT2D eigenvalue weighted by Gasteiger charge is -2.27. The number of hydrogen-bond donors (Lipinski definition) is 4. The van der Waals surface area contributed by atoms with Crippen LogP contribution in [-0.4, -0.2) is 43.3 Å². The van der Waals surface area contributed by atoms with Gasteiger partial charge in [0, 0.05) is 12.6 Å². The molecular weight excluding hydrogens is 312 g/mol. The Labute approximate surface area is 117 Å². The van der Waals surface area contributed by atoms with E-state index in [1.807, 2.05) is 0 Å². The number of ether oxygens (including phenoxy) is 1. The summed E-state index contributed by atoms with van der Waals surface area (Å²) in [5, 5.41) is 9.01. The smallest absolute Gasteiger partial charge is 0.394 e. The summed E-state index contributed by atoms with van der Waals surface area (Å²) in [6.45, 7) is -0.621. The first kappa shape index (κ1) is 16.0. The highest BCUT2D eigenvalue weighted by Crippen LogP contribution is 2.47. The molecule has 0 unspecified atom stereocenters. The van der Waals surface area contributed by atoms with Crippen LogP contribution in [0.3, 0.4) is 0 Å². The quantitative estimate of drug-likeness (QED) is 0.492. The maximum atomic E-state index is 14.9. The van der Waals surface area contributed by atoms with Crippen LogP contribution in [0.2, 0.25) is 0 Å². The number of nitrogens with two attached hydrogens (primary N) is 1.